The summed E-state index contributed by atoms with van der Waals surface area (Å²) >= 11 is 0. The van der Waals surface area contributed by atoms with Crippen molar-refractivity contribution < 1.29 is 0 Å². The maximum Gasteiger partial charge on any atom is 0.0200 e. The van der Waals surface area contributed by atoms with Gasteiger partial charge in [0.2, 0.25) is 0 Å². The van der Waals surface area contributed by atoms with Gasteiger partial charge >= 0.3 is 0 Å². The van der Waals surface area contributed by atoms with Crippen molar-refractivity contribution in [2.75, 3.05) is 6.54 Å². The molecule has 0 aromatic carbocycles. The number of hydrogen-bond acceptors (Lipinski definition) is 1. The van der Waals surface area contributed by atoms with Gasteiger partial charge in [0.05, 0.1) is 0 Å². The summed E-state index contributed by atoms with van der Waals surface area (Å²) in [5.74, 6) is 0. The first-order chi connectivity index (χ1) is 7.60. The maximum absolute atomic E-state index is 4.06. The summed E-state index contributed by atoms with van der Waals surface area (Å²) in [5, 5.41) is 3.47. The summed E-state index contributed by atoms with van der Waals surface area (Å²) < 4.78 is 0. The molecule has 0 aromatic heterocycles. The lowest BCUT2D eigenvalue weighted by molar-refractivity contribution is 0.136. The predicted molar refractivity (Wildman–Crippen MR) is 70.2 cm³/mol. The molecule has 0 unspecified atom stereocenters. The molecule has 3 aliphatic carbocycles. The van der Waals surface area contributed by atoms with Crippen molar-refractivity contribution in [3.8, 4) is 0 Å². The van der Waals surface area contributed by atoms with Gasteiger partial charge in [-0.2, -0.15) is 0 Å². The minimum atomic E-state index is 0.489. The zero-order valence-corrected chi connectivity index (χ0v) is 10.6. The average Bonchev–Trinajstić information content (AvgIpc) is 2.58. The smallest absolute Gasteiger partial charge is 0.0200 e. The van der Waals surface area contributed by atoms with E-state index in [4.69, 9.17) is 0 Å². The number of nitrogens with one attached hydrogen (secondary N) is 1. The van der Waals surface area contributed by atoms with Crippen LogP contribution in [0.2, 0.25) is 0 Å². The van der Waals surface area contributed by atoms with Crippen LogP contribution in [0.5, 0.6) is 0 Å². The lowest BCUT2D eigenvalue weighted by Gasteiger charge is -2.42. The molecule has 0 heterocycles. The monoisotopic (exact) mass is 219 g/mol. The molecule has 3 rings (SSSR count). The van der Waals surface area contributed by atoms with Gasteiger partial charge in [-0.25, -0.2) is 0 Å². The molecule has 1 nitrogen and oxygen atoms in total. The molecule has 1 heteroatoms. The maximum atomic E-state index is 4.06. The van der Waals surface area contributed by atoms with Gasteiger partial charge in [-0.1, -0.05) is 19.1 Å². The van der Waals surface area contributed by atoms with Crippen molar-refractivity contribution in [2.45, 2.75) is 51.9 Å². The quantitative estimate of drug-likeness (QED) is 0.704. The van der Waals surface area contributed by atoms with Crippen LogP contribution >= 0.6 is 0 Å². The van der Waals surface area contributed by atoms with Crippen molar-refractivity contribution in [2.24, 2.45) is 10.8 Å². The Kier molecular flexibility index (Phi) is 3.14. The average molecular weight is 219 g/mol. The van der Waals surface area contributed by atoms with Crippen LogP contribution in [0, 0.1) is 10.8 Å². The third-order valence-electron chi connectivity index (χ3n) is 4.89. The summed E-state index contributed by atoms with van der Waals surface area (Å²) in [6, 6.07) is 0. The van der Waals surface area contributed by atoms with E-state index in [0.29, 0.717) is 10.8 Å². The topological polar surface area (TPSA) is 12.0 Å². The van der Waals surface area contributed by atoms with Crippen molar-refractivity contribution in [3.63, 3.8) is 0 Å². The molecule has 0 aliphatic heterocycles. The van der Waals surface area contributed by atoms with Crippen LogP contribution < -0.4 is 5.32 Å². The van der Waals surface area contributed by atoms with E-state index in [1.165, 1.54) is 44.9 Å². The lowest BCUT2D eigenvalue weighted by Crippen LogP contribution is -2.37. The Morgan fingerprint density at radius 2 is 1.88 bits per heavy atom. The fourth-order valence-electron chi connectivity index (χ4n) is 3.50. The van der Waals surface area contributed by atoms with Gasteiger partial charge in [0.15, 0.2) is 0 Å². The van der Waals surface area contributed by atoms with Crippen LogP contribution in [0.15, 0.2) is 24.9 Å². The second-order valence-electron chi connectivity index (χ2n) is 6.05. The first-order valence-corrected chi connectivity index (χ1v) is 6.63. The van der Waals surface area contributed by atoms with Crippen molar-refractivity contribution in [1.29, 1.82) is 0 Å². The molecule has 3 saturated carbocycles. The minimum absolute atomic E-state index is 0.489. The normalized spacial score (nSPS) is 37.8. The second kappa shape index (κ2) is 4.27. The molecular formula is C15H25N. The molecule has 0 atom stereocenters. The summed E-state index contributed by atoms with van der Waals surface area (Å²) in [5.41, 5.74) is 2.16. The Morgan fingerprint density at radius 3 is 2.44 bits per heavy atom. The SMILES string of the molecule is C=CC12CCCC(CNC(=C)C)(CC1)CC2. The molecule has 0 aromatic rings. The van der Waals surface area contributed by atoms with E-state index >= 15 is 0 Å². The Bertz CT molecular complexity index is 282. The van der Waals surface area contributed by atoms with Crippen LogP contribution in [-0.4, -0.2) is 6.54 Å². The fourth-order valence-corrected chi connectivity index (χ4v) is 3.50. The highest BCUT2D eigenvalue weighted by atomic mass is 14.9. The molecule has 3 aliphatic rings. The molecule has 90 valence electrons. The van der Waals surface area contributed by atoms with Crippen molar-refractivity contribution >= 4 is 0 Å². The van der Waals surface area contributed by atoms with Crippen LogP contribution in [0.4, 0.5) is 0 Å². The van der Waals surface area contributed by atoms with Crippen LogP contribution in [0.1, 0.15) is 51.9 Å². The van der Waals surface area contributed by atoms with E-state index in [1.54, 1.807) is 0 Å². The van der Waals surface area contributed by atoms with Gasteiger partial charge in [-0.05, 0) is 56.3 Å². The molecule has 16 heavy (non-hydrogen) atoms. The number of hydrogen-bond donors (Lipinski definition) is 1. The standard InChI is InChI=1S/C15H25N/c1-4-14-6-5-7-15(10-8-14,11-9-14)12-16-13(2)3/h4,16H,1-2,5-12H2,3H3. The number of allylic oxidation sites excluding steroid dienone is 2. The van der Waals surface area contributed by atoms with Crippen LogP contribution in [-0.2, 0) is 0 Å². The third-order valence-corrected chi connectivity index (χ3v) is 4.89. The second-order valence-corrected chi connectivity index (χ2v) is 6.05. The zero-order valence-electron chi connectivity index (χ0n) is 10.6. The Morgan fingerprint density at radius 1 is 1.19 bits per heavy atom. The van der Waals surface area contributed by atoms with E-state index in [0.717, 1.165) is 12.2 Å². The molecule has 0 amide bonds. The third kappa shape index (κ3) is 2.18. The first kappa shape index (κ1) is 11.8. The fraction of sp³-hybridized carbons (Fsp3) is 0.733. The first-order valence-electron chi connectivity index (χ1n) is 6.63. The minimum Gasteiger partial charge on any atom is -0.388 e. The summed E-state index contributed by atoms with van der Waals surface area (Å²) in [4.78, 5) is 0. The van der Waals surface area contributed by atoms with Gasteiger partial charge in [-0.3, -0.25) is 0 Å². The van der Waals surface area contributed by atoms with Gasteiger partial charge < -0.3 is 5.32 Å². The Labute approximate surface area is 100 Å². The number of fused-ring (bicyclic) bond motifs is 4. The largest absolute Gasteiger partial charge is 0.388 e. The molecular weight excluding hydrogens is 194 g/mol. The molecule has 0 radical (unpaired) electrons. The Balaban J connectivity index is 2.03. The summed E-state index contributed by atoms with van der Waals surface area (Å²) in [6.45, 7) is 11.2. The van der Waals surface area contributed by atoms with Crippen LogP contribution in [0.3, 0.4) is 0 Å². The van der Waals surface area contributed by atoms with Crippen molar-refractivity contribution in [3.05, 3.63) is 24.9 Å². The van der Waals surface area contributed by atoms with Gasteiger partial charge in [-0.15, -0.1) is 6.58 Å². The highest BCUT2D eigenvalue weighted by Crippen LogP contribution is 2.54. The van der Waals surface area contributed by atoms with E-state index in [9.17, 15) is 0 Å². The van der Waals surface area contributed by atoms with Crippen LogP contribution in [0.25, 0.3) is 0 Å². The Hall–Kier alpha value is -0.720. The summed E-state index contributed by atoms with van der Waals surface area (Å²) in [6.07, 6.45) is 11.8. The van der Waals surface area contributed by atoms with E-state index in [1.807, 2.05) is 0 Å². The molecule has 1 N–H and O–H groups in total. The lowest BCUT2D eigenvalue weighted by atomic mass is 9.65. The van der Waals surface area contributed by atoms with Crippen molar-refractivity contribution in [1.82, 2.24) is 5.32 Å². The highest BCUT2D eigenvalue weighted by molar-refractivity contribution is 5.05. The predicted octanol–water partition coefficient (Wildman–Crippen LogP) is 4.03. The zero-order chi connectivity index (χ0) is 11.6. The van der Waals surface area contributed by atoms with Gasteiger partial charge in [0.1, 0.15) is 0 Å². The highest BCUT2D eigenvalue weighted by Gasteiger charge is 2.43. The molecule has 2 bridgehead atoms. The molecule has 3 fully saturated rings. The van der Waals surface area contributed by atoms with E-state index in [-0.39, 0.29) is 0 Å². The molecule has 0 spiro atoms. The summed E-state index contributed by atoms with van der Waals surface area (Å²) in [7, 11) is 0. The van der Waals surface area contributed by atoms with Gasteiger partial charge in [0.25, 0.3) is 0 Å². The number of rotatable bonds is 4. The van der Waals surface area contributed by atoms with E-state index in [2.05, 4.69) is 31.5 Å². The molecule has 0 saturated heterocycles. The van der Waals surface area contributed by atoms with E-state index < -0.39 is 0 Å². The van der Waals surface area contributed by atoms with Gasteiger partial charge in [0, 0.05) is 12.2 Å².